The quantitative estimate of drug-likeness (QED) is 0.479. The van der Waals surface area contributed by atoms with Gasteiger partial charge in [0.15, 0.2) is 0 Å². The molecule has 0 bridgehead atoms. The normalized spacial score (nSPS) is 10.1. The van der Waals surface area contributed by atoms with Gasteiger partial charge in [0.2, 0.25) is 5.91 Å². The molecule has 0 saturated carbocycles. The molecule has 0 radical (unpaired) electrons. The highest BCUT2D eigenvalue weighted by molar-refractivity contribution is 9.10. The average molecular weight is 317 g/mol. The largest absolute Gasteiger partial charge is 0.396 e. The molecule has 0 spiro atoms. The zero-order valence-corrected chi connectivity index (χ0v) is 11.1. The van der Waals surface area contributed by atoms with Crippen LogP contribution >= 0.6 is 15.9 Å². The lowest BCUT2D eigenvalue weighted by Crippen LogP contribution is -2.11. The number of aliphatic hydroxyl groups excluding tert-OH is 1. The Morgan fingerprint density at radius 3 is 2.72 bits per heavy atom. The number of amides is 1. The molecule has 0 aliphatic carbocycles. The first kappa shape index (κ1) is 14.6. The summed E-state index contributed by atoms with van der Waals surface area (Å²) in [5, 5.41) is 21.8. The molecule has 1 aromatic carbocycles. The molecule has 0 aromatic heterocycles. The highest BCUT2D eigenvalue weighted by Crippen LogP contribution is 2.27. The Kier molecular flexibility index (Phi) is 5.73. The standard InChI is InChI=1S/C11H13BrN2O4/c12-9-7-8(4-5-10(9)14(17)18)13-11(16)3-1-2-6-15/h4-5,7,15H,1-3,6H2,(H,13,16). The third-order valence-corrected chi connectivity index (χ3v) is 2.88. The van der Waals surface area contributed by atoms with E-state index in [1.165, 1.54) is 18.2 Å². The lowest BCUT2D eigenvalue weighted by molar-refractivity contribution is -0.385. The summed E-state index contributed by atoms with van der Waals surface area (Å²) < 4.78 is 0.320. The van der Waals surface area contributed by atoms with Crippen LogP contribution in [0.3, 0.4) is 0 Å². The summed E-state index contributed by atoms with van der Waals surface area (Å²) in [4.78, 5) is 21.6. The number of aliphatic hydroxyl groups is 1. The van der Waals surface area contributed by atoms with E-state index >= 15 is 0 Å². The molecular weight excluding hydrogens is 304 g/mol. The van der Waals surface area contributed by atoms with E-state index in [4.69, 9.17) is 5.11 Å². The lowest BCUT2D eigenvalue weighted by Gasteiger charge is -2.05. The topological polar surface area (TPSA) is 92.5 Å². The summed E-state index contributed by atoms with van der Waals surface area (Å²) in [6, 6.07) is 4.29. The minimum Gasteiger partial charge on any atom is -0.396 e. The second kappa shape index (κ2) is 7.07. The van der Waals surface area contributed by atoms with E-state index in [9.17, 15) is 14.9 Å². The Morgan fingerprint density at radius 1 is 1.44 bits per heavy atom. The Balaban J connectivity index is 2.60. The summed E-state index contributed by atoms with van der Waals surface area (Å²) in [6.45, 7) is 0.0658. The van der Waals surface area contributed by atoms with Crippen LogP contribution in [0.15, 0.2) is 22.7 Å². The van der Waals surface area contributed by atoms with Gasteiger partial charge in [-0.2, -0.15) is 0 Å². The minimum atomic E-state index is -0.503. The van der Waals surface area contributed by atoms with Gasteiger partial charge in [0.1, 0.15) is 0 Å². The molecule has 7 heteroatoms. The van der Waals surface area contributed by atoms with Crippen LogP contribution in [-0.4, -0.2) is 22.5 Å². The van der Waals surface area contributed by atoms with Crippen molar-refractivity contribution in [2.24, 2.45) is 0 Å². The Labute approximate surface area is 112 Å². The number of anilines is 1. The fourth-order valence-corrected chi connectivity index (χ4v) is 1.88. The van der Waals surface area contributed by atoms with E-state index < -0.39 is 4.92 Å². The van der Waals surface area contributed by atoms with Crippen LogP contribution in [0.5, 0.6) is 0 Å². The highest BCUT2D eigenvalue weighted by Gasteiger charge is 2.12. The molecule has 1 aromatic rings. The maximum Gasteiger partial charge on any atom is 0.283 e. The molecule has 0 aliphatic heterocycles. The van der Waals surface area contributed by atoms with Crippen molar-refractivity contribution in [3.63, 3.8) is 0 Å². The van der Waals surface area contributed by atoms with Gasteiger partial charge in [-0.3, -0.25) is 14.9 Å². The van der Waals surface area contributed by atoms with Crippen LogP contribution < -0.4 is 5.32 Å². The fourth-order valence-electron chi connectivity index (χ4n) is 1.35. The SMILES string of the molecule is O=C(CCCCO)Nc1ccc([N+](=O)[O-])c(Br)c1. The van der Waals surface area contributed by atoms with Gasteiger partial charge in [0.05, 0.1) is 9.40 Å². The van der Waals surface area contributed by atoms with Gasteiger partial charge in [-0.15, -0.1) is 0 Å². The van der Waals surface area contributed by atoms with Gasteiger partial charge in [0.25, 0.3) is 5.69 Å². The second-order valence-corrected chi connectivity index (χ2v) is 4.51. The van der Waals surface area contributed by atoms with E-state index in [0.717, 1.165) is 0 Å². The molecule has 2 N–H and O–H groups in total. The summed E-state index contributed by atoms with van der Waals surface area (Å²) in [6.07, 6.45) is 1.50. The number of rotatable bonds is 6. The van der Waals surface area contributed by atoms with Crippen LogP contribution in [0.4, 0.5) is 11.4 Å². The maximum atomic E-state index is 11.5. The van der Waals surface area contributed by atoms with E-state index in [0.29, 0.717) is 29.4 Å². The number of hydrogen-bond acceptors (Lipinski definition) is 4. The monoisotopic (exact) mass is 316 g/mol. The lowest BCUT2D eigenvalue weighted by atomic mass is 10.2. The van der Waals surface area contributed by atoms with Crippen LogP contribution in [-0.2, 0) is 4.79 Å². The molecule has 98 valence electrons. The van der Waals surface area contributed by atoms with Crippen molar-refractivity contribution >= 4 is 33.2 Å². The fraction of sp³-hybridized carbons (Fsp3) is 0.364. The van der Waals surface area contributed by atoms with E-state index in [1.807, 2.05) is 0 Å². The average Bonchev–Trinajstić information content (AvgIpc) is 2.28. The van der Waals surface area contributed by atoms with Crippen molar-refractivity contribution in [1.29, 1.82) is 0 Å². The predicted molar refractivity (Wildman–Crippen MR) is 70.4 cm³/mol. The van der Waals surface area contributed by atoms with Crippen molar-refractivity contribution < 1.29 is 14.8 Å². The van der Waals surface area contributed by atoms with Gasteiger partial charge in [-0.05, 0) is 40.9 Å². The Bertz CT molecular complexity index is 451. The van der Waals surface area contributed by atoms with Crippen LogP contribution in [0.25, 0.3) is 0 Å². The summed E-state index contributed by atoms with van der Waals surface area (Å²) in [7, 11) is 0. The molecule has 0 atom stereocenters. The summed E-state index contributed by atoms with van der Waals surface area (Å²) in [5.74, 6) is -0.177. The zero-order chi connectivity index (χ0) is 13.5. The van der Waals surface area contributed by atoms with E-state index in [-0.39, 0.29) is 18.2 Å². The van der Waals surface area contributed by atoms with Gasteiger partial charge >= 0.3 is 0 Å². The molecule has 0 unspecified atom stereocenters. The number of unbranched alkanes of at least 4 members (excludes halogenated alkanes) is 1. The Morgan fingerprint density at radius 2 is 2.17 bits per heavy atom. The number of nitro groups is 1. The Hall–Kier alpha value is -1.47. The van der Waals surface area contributed by atoms with Crippen LogP contribution in [0, 0.1) is 10.1 Å². The number of nitrogens with one attached hydrogen (secondary N) is 1. The van der Waals surface area contributed by atoms with Crippen molar-refractivity contribution in [2.45, 2.75) is 19.3 Å². The maximum absolute atomic E-state index is 11.5. The van der Waals surface area contributed by atoms with Gasteiger partial charge in [0, 0.05) is 24.8 Å². The highest BCUT2D eigenvalue weighted by atomic mass is 79.9. The second-order valence-electron chi connectivity index (χ2n) is 3.65. The number of carbonyl (C=O) groups is 1. The van der Waals surface area contributed by atoms with E-state index in [2.05, 4.69) is 21.2 Å². The third-order valence-electron chi connectivity index (χ3n) is 2.24. The third kappa shape index (κ3) is 4.42. The predicted octanol–water partition coefficient (Wildman–Crippen LogP) is 2.46. The molecule has 1 amide bonds. The van der Waals surface area contributed by atoms with Crippen molar-refractivity contribution in [1.82, 2.24) is 0 Å². The van der Waals surface area contributed by atoms with Crippen LogP contribution in [0.1, 0.15) is 19.3 Å². The van der Waals surface area contributed by atoms with Crippen molar-refractivity contribution in [3.05, 3.63) is 32.8 Å². The minimum absolute atomic E-state index is 0.0479. The number of hydrogen-bond donors (Lipinski definition) is 2. The molecule has 1 rings (SSSR count). The van der Waals surface area contributed by atoms with Gasteiger partial charge in [-0.1, -0.05) is 0 Å². The molecule has 18 heavy (non-hydrogen) atoms. The van der Waals surface area contributed by atoms with Gasteiger partial charge in [-0.25, -0.2) is 0 Å². The van der Waals surface area contributed by atoms with Gasteiger partial charge < -0.3 is 10.4 Å². The molecular formula is C11H13BrN2O4. The van der Waals surface area contributed by atoms with E-state index in [1.54, 1.807) is 0 Å². The zero-order valence-electron chi connectivity index (χ0n) is 9.56. The summed E-state index contributed by atoms with van der Waals surface area (Å²) in [5.41, 5.74) is 0.453. The first-order chi connectivity index (χ1) is 8.54. The number of halogens is 1. The molecule has 0 fully saturated rings. The number of nitro benzene ring substituents is 1. The number of benzene rings is 1. The first-order valence-electron chi connectivity index (χ1n) is 5.39. The summed E-state index contributed by atoms with van der Waals surface area (Å²) >= 11 is 3.08. The van der Waals surface area contributed by atoms with Crippen LogP contribution in [0.2, 0.25) is 0 Å². The molecule has 0 aliphatic rings. The molecule has 0 heterocycles. The smallest absolute Gasteiger partial charge is 0.283 e. The van der Waals surface area contributed by atoms with Crippen molar-refractivity contribution in [3.8, 4) is 0 Å². The number of carbonyl (C=O) groups excluding carboxylic acids is 1. The molecule has 6 nitrogen and oxygen atoms in total. The molecule has 0 saturated heterocycles. The number of nitrogens with zero attached hydrogens (tertiary/aromatic N) is 1. The van der Waals surface area contributed by atoms with Crippen molar-refractivity contribution in [2.75, 3.05) is 11.9 Å². The first-order valence-corrected chi connectivity index (χ1v) is 6.18.